The van der Waals surface area contributed by atoms with Crippen LogP contribution in [0.4, 0.5) is 0 Å². The Hall–Kier alpha value is -0.325. The molecule has 1 fully saturated rings. The molecule has 0 bridgehead atoms. The fourth-order valence-electron chi connectivity index (χ4n) is 2.90. The number of rotatable bonds is 4. The van der Waals surface area contributed by atoms with E-state index in [1.54, 1.807) is 0 Å². The van der Waals surface area contributed by atoms with Gasteiger partial charge in [0.15, 0.2) is 7.57 Å². The Morgan fingerprint density at radius 3 is 2.53 bits per heavy atom. The average molecular weight is 278 g/mol. The monoisotopic (exact) mass is 278 g/mol. The molecule has 106 valence electrons. The number of hydrogen-bond donors (Lipinski definition) is 0. The van der Waals surface area contributed by atoms with E-state index in [9.17, 15) is 0 Å². The van der Waals surface area contributed by atoms with Gasteiger partial charge in [0.25, 0.3) is 0 Å². The second-order valence-corrected chi connectivity index (χ2v) is 6.97. The van der Waals surface area contributed by atoms with Gasteiger partial charge >= 0.3 is 0 Å². The molecule has 0 radical (unpaired) electrons. The van der Waals surface area contributed by atoms with Crippen LogP contribution in [0.25, 0.3) is 0 Å². The van der Waals surface area contributed by atoms with Crippen molar-refractivity contribution in [1.82, 2.24) is 0 Å². The maximum absolute atomic E-state index is 6.63. The SMILES string of the molecule is [BH3-][PH+](OC1CC(C)CCC1C(C)C)c1ccccc1. The highest BCUT2D eigenvalue weighted by Crippen LogP contribution is 2.42. The summed E-state index contributed by atoms with van der Waals surface area (Å²) >= 11 is 0. The van der Waals surface area contributed by atoms with Gasteiger partial charge in [0.05, 0.1) is 11.4 Å². The summed E-state index contributed by atoms with van der Waals surface area (Å²) < 4.78 is 6.63. The Balaban J connectivity index is 2.02. The first-order valence-electron chi connectivity index (χ1n) is 7.13. The highest BCUT2D eigenvalue weighted by atomic mass is 31.1. The molecule has 1 aliphatic carbocycles. The van der Waals surface area contributed by atoms with Crippen molar-refractivity contribution in [2.75, 3.05) is 0 Å². The van der Waals surface area contributed by atoms with Crippen molar-refractivity contribution in [1.29, 1.82) is 0 Å². The lowest BCUT2D eigenvalue weighted by atomic mass is 9.75. The molecule has 4 unspecified atom stereocenters. The molecule has 1 aromatic rings. The van der Waals surface area contributed by atoms with E-state index in [1.165, 1.54) is 24.6 Å². The molecular weight excluding hydrogens is 250 g/mol. The van der Waals surface area contributed by atoms with Crippen molar-refractivity contribution < 1.29 is 4.52 Å². The Kier molecular flexibility index (Phi) is 5.48. The third-order valence-corrected chi connectivity index (χ3v) is 5.05. The van der Waals surface area contributed by atoms with Crippen LogP contribution in [0.3, 0.4) is 0 Å². The molecule has 1 nitrogen and oxygen atoms in total. The van der Waals surface area contributed by atoms with E-state index in [4.69, 9.17) is 4.52 Å². The van der Waals surface area contributed by atoms with E-state index in [0.717, 1.165) is 17.8 Å². The molecule has 0 aromatic heterocycles. The Morgan fingerprint density at radius 2 is 1.89 bits per heavy atom. The highest BCUT2D eigenvalue weighted by molar-refractivity contribution is 7.84. The fraction of sp³-hybridized carbons (Fsp3) is 0.625. The summed E-state index contributed by atoms with van der Waals surface area (Å²) in [6.07, 6.45) is 4.59. The van der Waals surface area contributed by atoms with Crippen LogP contribution in [-0.4, -0.2) is 13.7 Å². The first-order valence-corrected chi connectivity index (χ1v) is 8.04. The fourth-order valence-corrected chi connectivity index (χ4v) is 3.79. The van der Waals surface area contributed by atoms with Crippen LogP contribution in [-0.2, 0) is 4.52 Å². The third-order valence-electron chi connectivity index (χ3n) is 4.06. The van der Waals surface area contributed by atoms with Crippen molar-refractivity contribution in [3.05, 3.63) is 30.3 Å². The zero-order valence-corrected chi connectivity index (χ0v) is 12.7. The minimum absolute atomic E-state index is 0.276. The van der Waals surface area contributed by atoms with E-state index >= 15 is 0 Å². The lowest BCUT2D eigenvalue weighted by Crippen LogP contribution is -2.33. The molecule has 0 spiro atoms. The smallest absolute Gasteiger partial charge is 0.161 e. The highest BCUT2D eigenvalue weighted by Gasteiger charge is 2.33. The van der Waals surface area contributed by atoms with Gasteiger partial charge in [-0.1, -0.05) is 45.4 Å². The Labute approximate surface area is 120 Å². The Morgan fingerprint density at radius 1 is 1.21 bits per heavy atom. The van der Waals surface area contributed by atoms with Crippen LogP contribution in [0.2, 0.25) is 0 Å². The van der Waals surface area contributed by atoms with Crippen LogP contribution in [0.5, 0.6) is 0 Å². The summed E-state index contributed by atoms with van der Waals surface area (Å²) in [5.41, 5.74) is 0. The van der Waals surface area contributed by atoms with E-state index in [0.29, 0.717) is 6.10 Å². The normalized spacial score (nSPS) is 29.4. The summed E-state index contributed by atoms with van der Waals surface area (Å²) in [4.78, 5) is 0. The van der Waals surface area contributed by atoms with E-state index in [-0.39, 0.29) is 7.57 Å². The summed E-state index contributed by atoms with van der Waals surface area (Å²) in [5.74, 6) is 2.41. The van der Waals surface area contributed by atoms with Gasteiger partial charge in [-0.05, 0) is 50.8 Å². The predicted molar refractivity (Wildman–Crippen MR) is 90.5 cm³/mol. The molecule has 1 aliphatic rings. The van der Waals surface area contributed by atoms with Gasteiger partial charge < -0.3 is 0 Å². The zero-order chi connectivity index (χ0) is 13.8. The topological polar surface area (TPSA) is 9.23 Å². The van der Waals surface area contributed by atoms with Crippen LogP contribution in [0.15, 0.2) is 30.3 Å². The number of benzene rings is 1. The summed E-state index contributed by atoms with van der Waals surface area (Å²) in [5, 5.41) is 1.51. The summed E-state index contributed by atoms with van der Waals surface area (Å²) in [6, 6.07) is 11.0. The minimum Gasteiger partial charge on any atom is -0.279 e. The lowest BCUT2D eigenvalue weighted by Gasteiger charge is -2.37. The molecule has 0 amide bonds. The molecule has 0 N–H and O–H groups in total. The van der Waals surface area contributed by atoms with E-state index < -0.39 is 8.03 Å². The minimum atomic E-state index is -0.605. The summed E-state index contributed by atoms with van der Waals surface area (Å²) in [7, 11) is -0.329. The predicted octanol–water partition coefficient (Wildman–Crippen LogP) is 3.20. The molecule has 0 saturated heterocycles. The van der Waals surface area contributed by atoms with Crippen molar-refractivity contribution in [2.24, 2.45) is 17.8 Å². The molecular formula is C16H28BOP. The standard InChI is InChI=1S/C16H28BOP/c1-12(2)15-10-9-13(3)11-16(15)18-19(17)14-7-5-4-6-8-14/h4-8,12-13,15-16,19H,9-11H2,1-3,17H3. The van der Waals surface area contributed by atoms with Crippen molar-refractivity contribution in [3.63, 3.8) is 0 Å². The van der Waals surface area contributed by atoms with E-state index in [2.05, 4.69) is 51.1 Å². The molecule has 1 aromatic carbocycles. The van der Waals surface area contributed by atoms with E-state index in [1.807, 2.05) is 0 Å². The molecule has 19 heavy (non-hydrogen) atoms. The Bertz CT molecular complexity index is 382. The molecule has 1 saturated carbocycles. The average Bonchev–Trinajstić information content (AvgIpc) is 2.39. The maximum atomic E-state index is 6.63. The second kappa shape index (κ2) is 6.91. The maximum Gasteiger partial charge on any atom is 0.161 e. The zero-order valence-electron chi connectivity index (χ0n) is 11.7. The number of hydrogen-bond acceptors (Lipinski definition) is 1. The molecule has 0 aliphatic heterocycles. The van der Waals surface area contributed by atoms with Crippen molar-refractivity contribution in [2.45, 2.75) is 46.1 Å². The van der Waals surface area contributed by atoms with Gasteiger partial charge in [0, 0.05) is 0 Å². The molecule has 2 rings (SSSR count). The van der Waals surface area contributed by atoms with Gasteiger partial charge in [-0.15, -0.1) is 0 Å². The molecule has 4 atom stereocenters. The quantitative estimate of drug-likeness (QED) is 0.607. The van der Waals surface area contributed by atoms with Gasteiger partial charge in [0.2, 0.25) is 0 Å². The van der Waals surface area contributed by atoms with Crippen molar-refractivity contribution >= 4 is 20.9 Å². The lowest BCUT2D eigenvalue weighted by molar-refractivity contribution is 0.0583. The van der Waals surface area contributed by atoms with Crippen LogP contribution >= 0.6 is 8.03 Å². The largest absolute Gasteiger partial charge is 0.279 e. The third kappa shape index (κ3) is 4.07. The van der Waals surface area contributed by atoms with Gasteiger partial charge in [-0.3, -0.25) is 4.52 Å². The van der Waals surface area contributed by atoms with Crippen LogP contribution in [0.1, 0.15) is 40.0 Å². The first-order chi connectivity index (χ1) is 9.08. The van der Waals surface area contributed by atoms with Crippen molar-refractivity contribution in [3.8, 4) is 0 Å². The van der Waals surface area contributed by atoms with Crippen LogP contribution < -0.4 is 5.30 Å². The van der Waals surface area contributed by atoms with Gasteiger partial charge in [-0.2, -0.15) is 0 Å². The molecule has 3 heteroatoms. The second-order valence-electron chi connectivity index (χ2n) is 5.95. The van der Waals surface area contributed by atoms with Gasteiger partial charge in [-0.25, -0.2) is 0 Å². The van der Waals surface area contributed by atoms with Gasteiger partial charge in [0.1, 0.15) is 0 Å². The van der Waals surface area contributed by atoms with Crippen LogP contribution in [0, 0.1) is 17.8 Å². The molecule has 0 heterocycles. The summed E-state index contributed by atoms with van der Waals surface area (Å²) in [6.45, 7) is 7.13. The first kappa shape index (κ1) is 15.1.